The minimum Gasteiger partial charge on any atom is -0.314 e. The van der Waals surface area contributed by atoms with Gasteiger partial charge in [0.25, 0.3) is 0 Å². The molecule has 2 fully saturated rings. The Morgan fingerprint density at radius 3 is 2.41 bits per heavy atom. The molecule has 0 heterocycles. The van der Waals surface area contributed by atoms with Crippen LogP contribution in [0.25, 0.3) is 0 Å². The van der Waals surface area contributed by atoms with Gasteiger partial charge in [0, 0.05) is 11.1 Å². The van der Waals surface area contributed by atoms with Crippen LogP contribution < -0.4 is 5.32 Å². The fourth-order valence-corrected chi connectivity index (χ4v) is 3.02. The van der Waals surface area contributed by atoms with Crippen molar-refractivity contribution in [3.05, 3.63) is 34.9 Å². The lowest BCUT2D eigenvalue weighted by Crippen LogP contribution is -2.37. The van der Waals surface area contributed by atoms with E-state index in [0.717, 1.165) is 11.1 Å². The molecule has 92 valence electrons. The van der Waals surface area contributed by atoms with Crippen molar-refractivity contribution in [3.8, 4) is 0 Å². The average molecular weight is 250 g/mol. The van der Waals surface area contributed by atoms with Gasteiger partial charge in [-0.3, -0.25) is 0 Å². The van der Waals surface area contributed by atoms with E-state index >= 15 is 0 Å². The minimum atomic E-state index is 0.451. The summed E-state index contributed by atoms with van der Waals surface area (Å²) in [4.78, 5) is 0. The van der Waals surface area contributed by atoms with Gasteiger partial charge in [0.2, 0.25) is 0 Å². The van der Waals surface area contributed by atoms with Crippen LogP contribution in [0.1, 0.15) is 44.1 Å². The van der Waals surface area contributed by atoms with E-state index in [-0.39, 0.29) is 0 Å². The van der Waals surface area contributed by atoms with Gasteiger partial charge in [-0.1, -0.05) is 30.2 Å². The lowest BCUT2D eigenvalue weighted by Gasteiger charge is -2.43. The average Bonchev–Trinajstić information content (AvgIpc) is 3.08. The number of halogens is 1. The lowest BCUT2D eigenvalue weighted by atomic mass is 9.62. The third kappa shape index (κ3) is 2.51. The molecule has 0 saturated heterocycles. The van der Waals surface area contributed by atoms with Gasteiger partial charge in [0.1, 0.15) is 0 Å². The number of nitrogens with one attached hydrogen (secondary N) is 1. The SMILES string of the molecule is Clc1ccc(C2(CCNC3CC3)CCC2)cc1. The Balaban J connectivity index is 1.65. The number of hydrogen-bond donors (Lipinski definition) is 1. The van der Waals surface area contributed by atoms with Crippen LogP contribution >= 0.6 is 11.6 Å². The summed E-state index contributed by atoms with van der Waals surface area (Å²) in [7, 11) is 0. The summed E-state index contributed by atoms with van der Waals surface area (Å²) in [6, 6.07) is 9.34. The fraction of sp³-hybridized carbons (Fsp3) is 0.600. The quantitative estimate of drug-likeness (QED) is 0.835. The van der Waals surface area contributed by atoms with Gasteiger partial charge in [-0.05, 0) is 61.8 Å². The molecule has 2 aliphatic rings. The molecule has 0 bridgehead atoms. The van der Waals surface area contributed by atoms with E-state index in [9.17, 15) is 0 Å². The van der Waals surface area contributed by atoms with Gasteiger partial charge >= 0.3 is 0 Å². The number of benzene rings is 1. The third-order valence-corrected chi connectivity index (χ3v) is 4.63. The molecular weight excluding hydrogens is 230 g/mol. The zero-order valence-electron chi connectivity index (χ0n) is 10.2. The van der Waals surface area contributed by atoms with E-state index < -0.39 is 0 Å². The van der Waals surface area contributed by atoms with E-state index in [1.165, 1.54) is 50.6 Å². The van der Waals surface area contributed by atoms with Crippen molar-refractivity contribution in [2.75, 3.05) is 6.54 Å². The van der Waals surface area contributed by atoms with Crippen LogP contribution in [0.3, 0.4) is 0 Å². The van der Waals surface area contributed by atoms with E-state index in [1.807, 2.05) is 12.1 Å². The zero-order chi connectivity index (χ0) is 11.7. The molecule has 0 spiro atoms. The maximum atomic E-state index is 5.96. The number of rotatable bonds is 5. The minimum absolute atomic E-state index is 0.451. The highest BCUT2D eigenvalue weighted by molar-refractivity contribution is 6.30. The van der Waals surface area contributed by atoms with Crippen molar-refractivity contribution in [2.24, 2.45) is 0 Å². The first kappa shape index (κ1) is 11.6. The highest BCUT2D eigenvalue weighted by atomic mass is 35.5. The Morgan fingerprint density at radius 2 is 1.88 bits per heavy atom. The highest BCUT2D eigenvalue weighted by Crippen LogP contribution is 2.46. The van der Waals surface area contributed by atoms with Crippen LogP contribution in [0, 0.1) is 0 Å². The van der Waals surface area contributed by atoms with Gasteiger partial charge < -0.3 is 5.32 Å². The fourth-order valence-electron chi connectivity index (χ4n) is 2.89. The third-order valence-electron chi connectivity index (χ3n) is 4.38. The van der Waals surface area contributed by atoms with Gasteiger partial charge in [-0.15, -0.1) is 0 Å². The van der Waals surface area contributed by atoms with Crippen LogP contribution in [-0.4, -0.2) is 12.6 Å². The van der Waals surface area contributed by atoms with Crippen molar-refractivity contribution in [2.45, 2.75) is 50.0 Å². The van der Waals surface area contributed by atoms with Crippen molar-refractivity contribution < 1.29 is 0 Å². The van der Waals surface area contributed by atoms with Crippen LogP contribution in [0.4, 0.5) is 0 Å². The summed E-state index contributed by atoms with van der Waals surface area (Å²) >= 11 is 5.96. The summed E-state index contributed by atoms with van der Waals surface area (Å²) in [6.07, 6.45) is 8.13. The smallest absolute Gasteiger partial charge is 0.0406 e. The topological polar surface area (TPSA) is 12.0 Å². The Hall–Kier alpha value is -0.530. The first-order chi connectivity index (χ1) is 8.28. The Labute approximate surface area is 109 Å². The largest absolute Gasteiger partial charge is 0.314 e. The molecular formula is C15H20ClN. The second kappa shape index (κ2) is 4.62. The molecule has 2 heteroatoms. The predicted octanol–water partition coefficient (Wildman–Crippen LogP) is 3.90. The van der Waals surface area contributed by atoms with Crippen molar-refractivity contribution in [3.63, 3.8) is 0 Å². The number of hydrogen-bond acceptors (Lipinski definition) is 1. The van der Waals surface area contributed by atoms with E-state index in [2.05, 4.69) is 17.4 Å². The summed E-state index contributed by atoms with van der Waals surface area (Å²) in [5.41, 5.74) is 1.94. The van der Waals surface area contributed by atoms with Gasteiger partial charge in [-0.25, -0.2) is 0 Å². The van der Waals surface area contributed by atoms with Crippen LogP contribution in [0.15, 0.2) is 24.3 Å². The maximum Gasteiger partial charge on any atom is 0.0406 e. The second-order valence-corrected chi connectivity index (χ2v) is 6.06. The first-order valence-electron chi connectivity index (χ1n) is 6.78. The Bertz CT molecular complexity index is 376. The van der Waals surface area contributed by atoms with Crippen LogP contribution in [0.5, 0.6) is 0 Å². The standard InChI is InChI=1S/C15H20ClN/c16-13-4-2-12(3-5-13)15(8-1-9-15)10-11-17-14-6-7-14/h2-5,14,17H,1,6-11H2. The molecule has 3 rings (SSSR count). The van der Waals surface area contributed by atoms with Crippen molar-refractivity contribution in [1.29, 1.82) is 0 Å². The lowest BCUT2D eigenvalue weighted by molar-refractivity contribution is 0.223. The molecule has 0 atom stereocenters. The monoisotopic (exact) mass is 249 g/mol. The Morgan fingerprint density at radius 1 is 1.18 bits per heavy atom. The molecule has 0 aliphatic heterocycles. The molecule has 1 aromatic rings. The van der Waals surface area contributed by atoms with Crippen molar-refractivity contribution in [1.82, 2.24) is 5.32 Å². The van der Waals surface area contributed by atoms with Crippen molar-refractivity contribution >= 4 is 11.6 Å². The summed E-state index contributed by atoms with van der Waals surface area (Å²) in [5, 5.41) is 4.48. The van der Waals surface area contributed by atoms with E-state index in [4.69, 9.17) is 11.6 Å². The molecule has 2 aliphatic carbocycles. The zero-order valence-corrected chi connectivity index (χ0v) is 11.0. The second-order valence-electron chi connectivity index (χ2n) is 5.62. The molecule has 1 nitrogen and oxygen atoms in total. The molecule has 1 aromatic carbocycles. The van der Waals surface area contributed by atoms with E-state index in [1.54, 1.807) is 0 Å². The molecule has 0 aromatic heterocycles. The first-order valence-corrected chi connectivity index (χ1v) is 7.16. The molecule has 1 N–H and O–H groups in total. The summed E-state index contributed by atoms with van der Waals surface area (Å²) in [6.45, 7) is 1.17. The van der Waals surface area contributed by atoms with Crippen LogP contribution in [0.2, 0.25) is 5.02 Å². The summed E-state index contributed by atoms with van der Waals surface area (Å²) in [5.74, 6) is 0. The molecule has 2 saturated carbocycles. The normalized spacial score (nSPS) is 22.2. The Kier molecular flexibility index (Phi) is 3.14. The molecule has 0 amide bonds. The molecule has 17 heavy (non-hydrogen) atoms. The maximum absolute atomic E-state index is 5.96. The van der Waals surface area contributed by atoms with Gasteiger partial charge in [0.15, 0.2) is 0 Å². The van der Waals surface area contributed by atoms with Gasteiger partial charge in [0.05, 0.1) is 0 Å². The van der Waals surface area contributed by atoms with Crippen LogP contribution in [-0.2, 0) is 5.41 Å². The van der Waals surface area contributed by atoms with Gasteiger partial charge in [-0.2, -0.15) is 0 Å². The highest BCUT2D eigenvalue weighted by Gasteiger charge is 2.38. The predicted molar refractivity (Wildman–Crippen MR) is 72.6 cm³/mol. The van der Waals surface area contributed by atoms with E-state index in [0.29, 0.717) is 5.41 Å². The molecule has 0 radical (unpaired) electrons. The summed E-state index contributed by atoms with van der Waals surface area (Å²) < 4.78 is 0. The molecule has 0 unspecified atom stereocenters.